The van der Waals surface area contributed by atoms with Gasteiger partial charge in [0.2, 0.25) is 0 Å². The molecule has 1 N–H and O–H groups in total. The Morgan fingerprint density at radius 3 is 2.64 bits per heavy atom. The van der Waals surface area contributed by atoms with Gasteiger partial charge in [0.1, 0.15) is 0 Å². The van der Waals surface area contributed by atoms with E-state index < -0.39 is 0 Å². The molecule has 2 heteroatoms. The lowest BCUT2D eigenvalue weighted by Gasteiger charge is -2.07. The third-order valence-electron chi connectivity index (χ3n) is 1.52. The molecule has 1 atom stereocenters. The van der Waals surface area contributed by atoms with Crippen LogP contribution in [0.3, 0.4) is 0 Å². The number of hydrogen-bond donors (Lipinski definition) is 1. The second-order valence-electron chi connectivity index (χ2n) is 2.75. The molecule has 0 saturated heterocycles. The molecule has 0 fully saturated rings. The summed E-state index contributed by atoms with van der Waals surface area (Å²) in [4.78, 5) is 0. The first-order valence-corrected chi connectivity index (χ1v) is 4.10. The SMILES string of the molecule is CCC/C(=C/C(C)CO)OC. The van der Waals surface area contributed by atoms with Crippen molar-refractivity contribution in [1.29, 1.82) is 0 Å². The molecule has 66 valence electrons. The Morgan fingerprint density at radius 1 is 1.64 bits per heavy atom. The smallest absolute Gasteiger partial charge is 0.0919 e. The Balaban J connectivity index is 3.88. The molecule has 0 amide bonds. The molecule has 2 nitrogen and oxygen atoms in total. The van der Waals surface area contributed by atoms with Crippen LogP contribution in [0.25, 0.3) is 0 Å². The second kappa shape index (κ2) is 6.23. The quantitative estimate of drug-likeness (QED) is 0.620. The molecule has 0 bridgehead atoms. The molecule has 11 heavy (non-hydrogen) atoms. The van der Waals surface area contributed by atoms with Gasteiger partial charge in [0.15, 0.2) is 0 Å². The molecule has 0 rings (SSSR count). The third-order valence-corrected chi connectivity index (χ3v) is 1.52. The Kier molecular flexibility index (Phi) is 5.94. The Labute approximate surface area is 68.9 Å². The summed E-state index contributed by atoms with van der Waals surface area (Å²) in [5.74, 6) is 1.19. The monoisotopic (exact) mass is 158 g/mol. The van der Waals surface area contributed by atoms with Crippen molar-refractivity contribution in [2.45, 2.75) is 26.7 Å². The predicted molar refractivity (Wildman–Crippen MR) is 46.2 cm³/mol. The summed E-state index contributed by atoms with van der Waals surface area (Å²) in [6.45, 7) is 4.27. The van der Waals surface area contributed by atoms with E-state index in [1.54, 1.807) is 7.11 Å². The van der Waals surface area contributed by atoms with Gasteiger partial charge >= 0.3 is 0 Å². The van der Waals surface area contributed by atoms with Gasteiger partial charge < -0.3 is 9.84 Å². The molecule has 0 saturated carbocycles. The van der Waals surface area contributed by atoms with Gasteiger partial charge in [-0.25, -0.2) is 0 Å². The van der Waals surface area contributed by atoms with E-state index in [0.717, 1.165) is 18.6 Å². The zero-order chi connectivity index (χ0) is 8.69. The Hall–Kier alpha value is -0.500. The van der Waals surface area contributed by atoms with Crippen molar-refractivity contribution in [1.82, 2.24) is 0 Å². The van der Waals surface area contributed by atoms with Gasteiger partial charge in [0, 0.05) is 18.9 Å². The number of methoxy groups -OCH3 is 1. The number of rotatable bonds is 5. The summed E-state index contributed by atoms with van der Waals surface area (Å²) in [6, 6.07) is 0. The minimum absolute atomic E-state index is 0.191. The van der Waals surface area contributed by atoms with Gasteiger partial charge in [0.25, 0.3) is 0 Å². The van der Waals surface area contributed by atoms with E-state index in [1.807, 2.05) is 13.0 Å². The van der Waals surface area contributed by atoms with Crippen LogP contribution >= 0.6 is 0 Å². The van der Waals surface area contributed by atoms with E-state index in [1.165, 1.54) is 0 Å². The largest absolute Gasteiger partial charge is 0.501 e. The molecule has 0 aromatic carbocycles. The van der Waals surface area contributed by atoms with Gasteiger partial charge in [-0.15, -0.1) is 0 Å². The summed E-state index contributed by atoms with van der Waals surface area (Å²) in [5.41, 5.74) is 0. The maximum atomic E-state index is 8.75. The summed E-state index contributed by atoms with van der Waals surface area (Å²) < 4.78 is 5.11. The molecule has 0 aliphatic carbocycles. The lowest BCUT2D eigenvalue weighted by Crippen LogP contribution is -1.98. The molecule has 0 aromatic heterocycles. The van der Waals surface area contributed by atoms with E-state index >= 15 is 0 Å². The van der Waals surface area contributed by atoms with Crippen molar-refractivity contribution in [3.63, 3.8) is 0 Å². The fraction of sp³-hybridized carbons (Fsp3) is 0.778. The van der Waals surface area contributed by atoms with Gasteiger partial charge in [-0.1, -0.05) is 13.8 Å². The Morgan fingerprint density at radius 2 is 2.27 bits per heavy atom. The maximum Gasteiger partial charge on any atom is 0.0919 e. The van der Waals surface area contributed by atoms with Crippen molar-refractivity contribution >= 4 is 0 Å². The molecule has 0 aliphatic rings. The van der Waals surface area contributed by atoms with Crippen molar-refractivity contribution in [2.24, 2.45) is 5.92 Å². The van der Waals surface area contributed by atoms with E-state index in [4.69, 9.17) is 9.84 Å². The van der Waals surface area contributed by atoms with E-state index in [9.17, 15) is 0 Å². The summed E-state index contributed by atoms with van der Waals surface area (Å²) in [7, 11) is 1.67. The fourth-order valence-corrected chi connectivity index (χ4v) is 0.870. The molecule has 1 unspecified atom stereocenters. The highest BCUT2D eigenvalue weighted by molar-refractivity contribution is 4.95. The molecule has 0 radical (unpaired) electrons. The number of hydrogen-bond acceptors (Lipinski definition) is 2. The average Bonchev–Trinajstić information content (AvgIpc) is 2.03. The number of aliphatic hydroxyl groups is 1. The molecular weight excluding hydrogens is 140 g/mol. The molecule has 0 aromatic rings. The van der Waals surface area contributed by atoms with Crippen LogP contribution in [0.2, 0.25) is 0 Å². The molecule has 0 heterocycles. The Bertz CT molecular complexity index is 119. The van der Waals surface area contributed by atoms with Gasteiger partial charge in [0.05, 0.1) is 12.9 Å². The van der Waals surface area contributed by atoms with E-state index in [0.29, 0.717) is 0 Å². The standard InChI is InChI=1S/C9H18O2/c1-4-5-9(11-3)6-8(2)7-10/h6,8,10H,4-5,7H2,1-3H3/b9-6-. The first-order chi connectivity index (χ1) is 5.24. The normalized spacial score (nSPS) is 14.7. The number of ether oxygens (including phenoxy) is 1. The molecule has 0 spiro atoms. The van der Waals surface area contributed by atoms with Crippen LogP contribution in [0, 0.1) is 5.92 Å². The lowest BCUT2D eigenvalue weighted by atomic mass is 10.1. The van der Waals surface area contributed by atoms with Crippen LogP contribution < -0.4 is 0 Å². The molecular formula is C9H18O2. The maximum absolute atomic E-state index is 8.75. The van der Waals surface area contributed by atoms with E-state index in [2.05, 4.69) is 6.92 Å². The zero-order valence-corrected chi connectivity index (χ0v) is 7.63. The van der Waals surface area contributed by atoms with Crippen LogP contribution in [0.4, 0.5) is 0 Å². The molecule has 0 aliphatic heterocycles. The first kappa shape index (κ1) is 10.5. The number of aliphatic hydroxyl groups excluding tert-OH is 1. The van der Waals surface area contributed by atoms with Crippen LogP contribution in [0.5, 0.6) is 0 Å². The summed E-state index contributed by atoms with van der Waals surface area (Å²) in [6.07, 6.45) is 4.02. The first-order valence-electron chi connectivity index (χ1n) is 4.10. The van der Waals surface area contributed by atoms with Crippen LogP contribution in [0.15, 0.2) is 11.8 Å². The highest BCUT2D eigenvalue weighted by Crippen LogP contribution is 2.09. The summed E-state index contributed by atoms with van der Waals surface area (Å²) >= 11 is 0. The minimum atomic E-state index is 0.191. The lowest BCUT2D eigenvalue weighted by molar-refractivity contribution is 0.244. The van der Waals surface area contributed by atoms with Crippen LogP contribution in [0.1, 0.15) is 26.7 Å². The second-order valence-corrected chi connectivity index (χ2v) is 2.75. The zero-order valence-electron chi connectivity index (χ0n) is 7.63. The van der Waals surface area contributed by atoms with Gasteiger partial charge in [-0.3, -0.25) is 0 Å². The highest BCUT2D eigenvalue weighted by Gasteiger charge is 1.98. The van der Waals surface area contributed by atoms with Gasteiger partial charge in [-0.2, -0.15) is 0 Å². The minimum Gasteiger partial charge on any atom is -0.501 e. The highest BCUT2D eigenvalue weighted by atomic mass is 16.5. The fourth-order valence-electron chi connectivity index (χ4n) is 0.870. The average molecular weight is 158 g/mol. The van der Waals surface area contributed by atoms with Crippen molar-refractivity contribution < 1.29 is 9.84 Å². The van der Waals surface area contributed by atoms with Crippen LogP contribution in [-0.2, 0) is 4.74 Å². The number of allylic oxidation sites excluding steroid dienone is 1. The van der Waals surface area contributed by atoms with Crippen molar-refractivity contribution in [3.8, 4) is 0 Å². The topological polar surface area (TPSA) is 29.5 Å². The van der Waals surface area contributed by atoms with Crippen molar-refractivity contribution in [2.75, 3.05) is 13.7 Å². The van der Waals surface area contributed by atoms with E-state index in [-0.39, 0.29) is 12.5 Å². The van der Waals surface area contributed by atoms with Crippen molar-refractivity contribution in [3.05, 3.63) is 11.8 Å². The predicted octanol–water partition coefficient (Wildman–Crippen LogP) is 1.95. The van der Waals surface area contributed by atoms with Crippen LogP contribution in [-0.4, -0.2) is 18.8 Å². The third kappa shape index (κ3) is 4.85. The summed E-state index contributed by atoms with van der Waals surface area (Å²) in [5, 5.41) is 8.75. The van der Waals surface area contributed by atoms with Gasteiger partial charge in [-0.05, 0) is 12.5 Å².